The molecule has 41 heavy (non-hydrogen) atoms. The Balaban J connectivity index is 1.26. The van der Waals surface area contributed by atoms with Crippen LogP contribution < -0.4 is 9.47 Å². The van der Waals surface area contributed by atoms with Crippen LogP contribution in [0.2, 0.25) is 0 Å². The molecule has 3 aliphatic rings. The standard InChI is InChI=1S/C37H38O4/c1-26-7-20-36(29-10-8-28(9-11-29)27-5-3-2-4-6-27)37(21-26,30-12-16-32(17-13-30)38-22-34-24-40-34)31-14-18-33(19-15-31)39-23-35-25-41-35/h2-6,8-19,26,34-36H,7,20-25H2,1H3. The second kappa shape index (κ2) is 11.3. The SMILES string of the molecule is CC1CCC(c2ccc(-c3ccccc3)cc2)C(c2ccc(OCC3CO3)cc2)(c2ccc(OCC3CO3)cc2)C1. The van der Waals surface area contributed by atoms with Gasteiger partial charge in [-0.25, -0.2) is 0 Å². The van der Waals surface area contributed by atoms with Crippen LogP contribution in [0.1, 0.15) is 48.8 Å². The van der Waals surface area contributed by atoms with E-state index >= 15 is 0 Å². The van der Waals surface area contributed by atoms with Gasteiger partial charge < -0.3 is 18.9 Å². The molecule has 1 saturated carbocycles. The van der Waals surface area contributed by atoms with Gasteiger partial charge >= 0.3 is 0 Å². The molecular formula is C37H38O4. The van der Waals surface area contributed by atoms with Crippen LogP contribution in [-0.2, 0) is 14.9 Å². The molecule has 2 saturated heterocycles. The van der Waals surface area contributed by atoms with Gasteiger partial charge in [-0.3, -0.25) is 0 Å². The molecule has 210 valence electrons. The fraction of sp³-hybridized carbons (Fsp3) is 0.351. The number of hydrogen-bond acceptors (Lipinski definition) is 4. The Bertz CT molecular complexity index is 1360. The quantitative estimate of drug-likeness (QED) is 0.190. The number of rotatable bonds is 10. The van der Waals surface area contributed by atoms with Crippen molar-refractivity contribution < 1.29 is 18.9 Å². The van der Waals surface area contributed by atoms with E-state index in [1.54, 1.807) is 0 Å². The van der Waals surface area contributed by atoms with Crippen molar-refractivity contribution in [2.75, 3.05) is 26.4 Å². The zero-order valence-electron chi connectivity index (χ0n) is 23.7. The van der Waals surface area contributed by atoms with Crippen LogP contribution in [-0.4, -0.2) is 38.6 Å². The summed E-state index contributed by atoms with van der Waals surface area (Å²) in [6.07, 6.45) is 3.94. The zero-order chi connectivity index (χ0) is 27.6. The van der Waals surface area contributed by atoms with Crippen LogP contribution in [0.4, 0.5) is 0 Å². The molecule has 0 spiro atoms. The molecule has 7 rings (SSSR count). The highest BCUT2D eigenvalue weighted by molar-refractivity contribution is 5.64. The van der Waals surface area contributed by atoms with E-state index in [1.165, 1.54) is 34.2 Å². The third kappa shape index (κ3) is 5.77. The van der Waals surface area contributed by atoms with Gasteiger partial charge in [0.1, 0.15) is 36.9 Å². The van der Waals surface area contributed by atoms with E-state index in [4.69, 9.17) is 18.9 Å². The highest BCUT2D eigenvalue weighted by Crippen LogP contribution is 2.55. The van der Waals surface area contributed by atoms with Crippen LogP contribution in [0.5, 0.6) is 11.5 Å². The lowest BCUT2D eigenvalue weighted by Gasteiger charge is -2.48. The average Bonchev–Trinajstić information content (AvgIpc) is 3.96. The minimum absolute atomic E-state index is 0.164. The Morgan fingerprint density at radius 3 is 1.66 bits per heavy atom. The average molecular weight is 547 g/mol. The Morgan fingerprint density at radius 1 is 0.634 bits per heavy atom. The summed E-state index contributed by atoms with van der Waals surface area (Å²) in [6, 6.07) is 37.7. The van der Waals surface area contributed by atoms with Crippen LogP contribution in [0.25, 0.3) is 11.1 Å². The minimum atomic E-state index is -0.164. The van der Waals surface area contributed by atoms with Gasteiger partial charge in [-0.1, -0.05) is 92.2 Å². The predicted octanol–water partition coefficient (Wildman–Crippen LogP) is 7.80. The normalized spacial score (nSPS) is 26.8. The molecule has 1 aliphatic carbocycles. The first kappa shape index (κ1) is 26.3. The first-order chi connectivity index (χ1) is 20.2. The van der Waals surface area contributed by atoms with Gasteiger partial charge in [-0.15, -0.1) is 0 Å². The van der Waals surface area contributed by atoms with Crippen LogP contribution in [0.3, 0.4) is 0 Å². The second-order valence-electron chi connectivity index (χ2n) is 12.0. The van der Waals surface area contributed by atoms with Gasteiger partial charge in [0.2, 0.25) is 0 Å². The molecular weight excluding hydrogens is 508 g/mol. The summed E-state index contributed by atoms with van der Waals surface area (Å²) < 4.78 is 22.7. The third-order valence-electron chi connectivity index (χ3n) is 9.05. The second-order valence-corrected chi connectivity index (χ2v) is 12.0. The van der Waals surface area contributed by atoms with Crippen molar-refractivity contribution in [3.05, 3.63) is 120 Å². The van der Waals surface area contributed by atoms with Gasteiger partial charge in [0.25, 0.3) is 0 Å². The van der Waals surface area contributed by atoms with Crippen LogP contribution >= 0.6 is 0 Å². The maximum atomic E-state index is 6.01. The van der Waals surface area contributed by atoms with E-state index in [-0.39, 0.29) is 17.6 Å². The lowest BCUT2D eigenvalue weighted by molar-refractivity contribution is 0.232. The van der Waals surface area contributed by atoms with Gasteiger partial charge in [0, 0.05) is 5.41 Å². The molecule has 4 aromatic rings. The van der Waals surface area contributed by atoms with Crippen molar-refractivity contribution >= 4 is 0 Å². The highest BCUT2D eigenvalue weighted by atomic mass is 16.6. The Hall–Kier alpha value is -3.60. The van der Waals surface area contributed by atoms with E-state index in [1.807, 2.05) is 0 Å². The van der Waals surface area contributed by atoms with Crippen molar-refractivity contribution in [2.45, 2.75) is 49.7 Å². The Labute approximate surface area is 243 Å². The smallest absolute Gasteiger partial charge is 0.119 e. The first-order valence-corrected chi connectivity index (χ1v) is 15.0. The van der Waals surface area contributed by atoms with Crippen molar-refractivity contribution in [3.63, 3.8) is 0 Å². The zero-order valence-corrected chi connectivity index (χ0v) is 23.7. The number of epoxide rings is 2. The molecule has 4 nitrogen and oxygen atoms in total. The monoisotopic (exact) mass is 546 g/mol. The Kier molecular flexibility index (Phi) is 7.28. The molecule has 2 aliphatic heterocycles. The van der Waals surface area contributed by atoms with E-state index in [0.29, 0.717) is 25.0 Å². The summed E-state index contributed by atoms with van der Waals surface area (Å²) in [5.41, 5.74) is 6.43. The summed E-state index contributed by atoms with van der Waals surface area (Å²) in [4.78, 5) is 0. The predicted molar refractivity (Wildman–Crippen MR) is 162 cm³/mol. The molecule has 4 heteroatoms. The molecule has 3 fully saturated rings. The van der Waals surface area contributed by atoms with Crippen molar-refractivity contribution in [1.29, 1.82) is 0 Å². The van der Waals surface area contributed by atoms with Crippen molar-refractivity contribution in [3.8, 4) is 22.6 Å². The number of hydrogen-bond donors (Lipinski definition) is 0. The molecule has 0 bridgehead atoms. The summed E-state index contributed by atoms with van der Waals surface area (Å²) >= 11 is 0. The topological polar surface area (TPSA) is 43.5 Å². The van der Waals surface area contributed by atoms with Gasteiger partial charge in [0.05, 0.1) is 13.2 Å². The maximum Gasteiger partial charge on any atom is 0.119 e. The molecule has 0 N–H and O–H groups in total. The maximum absolute atomic E-state index is 6.01. The van der Waals surface area contributed by atoms with E-state index in [9.17, 15) is 0 Å². The molecule has 0 amide bonds. The van der Waals surface area contributed by atoms with Crippen LogP contribution in [0.15, 0.2) is 103 Å². The lowest BCUT2D eigenvalue weighted by Crippen LogP contribution is -2.40. The number of ether oxygens (including phenoxy) is 4. The Morgan fingerprint density at radius 2 is 1.15 bits per heavy atom. The molecule has 4 aromatic carbocycles. The summed E-state index contributed by atoms with van der Waals surface area (Å²) in [7, 11) is 0. The van der Waals surface area contributed by atoms with Crippen molar-refractivity contribution in [1.82, 2.24) is 0 Å². The molecule has 4 atom stereocenters. The van der Waals surface area contributed by atoms with Gasteiger partial charge in [-0.2, -0.15) is 0 Å². The lowest BCUT2D eigenvalue weighted by atomic mass is 9.55. The number of benzene rings is 4. The van der Waals surface area contributed by atoms with Gasteiger partial charge in [0.15, 0.2) is 0 Å². The fourth-order valence-corrected chi connectivity index (χ4v) is 6.69. The van der Waals surface area contributed by atoms with E-state index < -0.39 is 0 Å². The molecule has 4 unspecified atom stereocenters. The first-order valence-electron chi connectivity index (χ1n) is 15.0. The summed E-state index contributed by atoms with van der Waals surface area (Å²) in [5.74, 6) is 2.76. The summed E-state index contributed by atoms with van der Waals surface area (Å²) in [6.45, 7) is 5.24. The minimum Gasteiger partial charge on any atom is -0.491 e. The van der Waals surface area contributed by atoms with E-state index in [0.717, 1.165) is 37.6 Å². The molecule has 0 aromatic heterocycles. The molecule has 2 heterocycles. The largest absolute Gasteiger partial charge is 0.491 e. The van der Waals surface area contributed by atoms with Gasteiger partial charge in [-0.05, 0) is 76.8 Å². The molecule has 0 radical (unpaired) electrons. The van der Waals surface area contributed by atoms with Crippen LogP contribution in [0, 0.1) is 5.92 Å². The van der Waals surface area contributed by atoms with E-state index in [2.05, 4.69) is 110 Å². The highest BCUT2D eigenvalue weighted by Gasteiger charge is 2.46. The fourth-order valence-electron chi connectivity index (χ4n) is 6.69. The summed E-state index contributed by atoms with van der Waals surface area (Å²) in [5, 5.41) is 0. The van der Waals surface area contributed by atoms with Crippen molar-refractivity contribution in [2.24, 2.45) is 5.92 Å². The third-order valence-corrected chi connectivity index (χ3v) is 9.05.